The number of carbonyl (C=O) groups excluding carboxylic acids is 1. The minimum Gasteiger partial charge on any atom is -0.339 e. The van der Waals surface area contributed by atoms with Crippen molar-refractivity contribution in [1.29, 1.82) is 0 Å². The summed E-state index contributed by atoms with van der Waals surface area (Å²) < 4.78 is 0. The first-order chi connectivity index (χ1) is 8.84. The van der Waals surface area contributed by atoms with Crippen molar-refractivity contribution in [3.05, 3.63) is 0 Å². The van der Waals surface area contributed by atoms with Crippen molar-refractivity contribution in [2.45, 2.75) is 57.0 Å². The van der Waals surface area contributed by atoms with Crippen molar-refractivity contribution < 1.29 is 4.79 Å². The van der Waals surface area contributed by atoms with Crippen LogP contribution in [0.1, 0.15) is 44.9 Å². The van der Waals surface area contributed by atoms with Gasteiger partial charge in [0.2, 0.25) is 5.91 Å². The predicted octanol–water partition coefficient (Wildman–Crippen LogP) is 1.87. The minimum absolute atomic E-state index is 0.451. The van der Waals surface area contributed by atoms with Gasteiger partial charge in [0.05, 0.1) is 0 Å². The lowest BCUT2D eigenvalue weighted by atomic mass is 9.68. The van der Waals surface area contributed by atoms with Crippen LogP contribution < -0.4 is 0 Å². The van der Waals surface area contributed by atoms with Gasteiger partial charge in [0.15, 0.2) is 0 Å². The number of carbonyl (C=O) groups is 1. The number of rotatable bonds is 0. The van der Waals surface area contributed by atoms with E-state index >= 15 is 0 Å². The number of piperidine rings is 4. The lowest BCUT2D eigenvalue weighted by Gasteiger charge is -2.58. The number of hydrogen-bond acceptors (Lipinski definition) is 2. The average Bonchev–Trinajstić information content (AvgIpc) is 2.41. The fourth-order valence-electron chi connectivity index (χ4n) is 5.26. The summed E-state index contributed by atoms with van der Waals surface area (Å²) in [7, 11) is 0. The molecule has 100 valence electrons. The van der Waals surface area contributed by atoms with E-state index in [9.17, 15) is 4.79 Å². The zero-order valence-electron chi connectivity index (χ0n) is 11.2. The van der Waals surface area contributed by atoms with E-state index in [1.807, 2.05) is 0 Å². The highest BCUT2D eigenvalue weighted by atomic mass is 16.2. The first-order valence-corrected chi connectivity index (χ1v) is 7.88. The van der Waals surface area contributed by atoms with Crippen molar-refractivity contribution in [2.24, 2.45) is 11.8 Å². The molecular weight excluding hydrogens is 224 g/mol. The van der Waals surface area contributed by atoms with Gasteiger partial charge in [0.25, 0.3) is 0 Å². The third-order valence-corrected chi connectivity index (χ3v) is 5.88. The maximum Gasteiger partial charge on any atom is 0.222 e. The Hall–Kier alpha value is -0.570. The third kappa shape index (κ3) is 1.56. The van der Waals surface area contributed by atoms with E-state index in [0.29, 0.717) is 11.9 Å². The highest BCUT2D eigenvalue weighted by molar-refractivity contribution is 5.77. The summed E-state index contributed by atoms with van der Waals surface area (Å²) in [5.41, 5.74) is 0. The molecule has 4 fully saturated rings. The van der Waals surface area contributed by atoms with E-state index in [0.717, 1.165) is 37.3 Å². The largest absolute Gasteiger partial charge is 0.339 e. The lowest BCUT2D eigenvalue weighted by molar-refractivity contribution is -0.150. The quantitative estimate of drug-likeness (QED) is 0.653. The Kier molecular flexibility index (Phi) is 2.65. The number of hydrogen-bond donors (Lipinski definition) is 0. The smallest absolute Gasteiger partial charge is 0.222 e. The van der Waals surface area contributed by atoms with Gasteiger partial charge < -0.3 is 4.90 Å². The van der Waals surface area contributed by atoms with Crippen molar-refractivity contribution in [2.75, 3.05) is 19.6 Å². The van der Waals surface area contributed by atoms with Crippen LogP contribution in [0.5, 0.6) is 0 Å². The molecular formula is C15H24N2O. The number of nitrogens with zero attached hydrogens (tertiary/aromatic N) is 2. The van der Waals surface area contributed by atoms with Crippen LogP contribution >= 0.6 is 0 Å². The summed E-state index contributed by atoms with van der Waals surface area (Å²) in [5, 5.41) is 0. The Morgan fingerprint density at radius 3 is 2.72 bits per heavy atom. The van der Waals surface area contributed by atoms with Crippen LogP contribution in [-0.4, -0.2) is 47.4 Å². The zero-order valence-corrected chi connectivity index (χ0v) is 11.2. The molecule has 0 aromatic rings. The lowest BCUT2D eigenvalue weighted by Crippen LogP contribution is -2.66. The van der Waals surface area contributed by atoms with Gasteiger partial charge >= 0.3 is 0 Å². The number of fused-ring (bicyclic) bond motifs is 2. The molecule has 0 aliphatic carbocycles. The van der Waals surface area contributed by atoms with Crippen LogP contribution in [0.4, 0.5) is 0 Å². The molecule has 0 aromatic heterocycles. The van der Waals surface area contributed by atoms with Crippen LogP contribution in [0.2, 0.25) is 0 Å². The second kappa shape index (κ2) is 4.22. The van der Waals surface area contributed by atoms with Crippen LogP contribution in [0, 0.1) is 11.8 Å². The monoisotopic (exact) mass is 248 g/mol. The third-order valence-electron chi connectivity index (χ3n) is 5.88. The summed E-state index contributed by atoms with van der Waals surface area (Å²) in [6.07, 6.45) is 8.64. The molecule has 0 bridgehead atoms. The highest BCUT2D eigenvalue weighted by Gasteiger charge is 2.50. The normalized spacial score (nSPS) is 44.4. The maximum atomic E-state index is 12.2. The van der Waals surface area contributed by atoms with Gasteiger partial charge in [-0.2, -0.15) is 0 Å². The molecule has 3 heteroatoms. The van der Waals surface area contributed by atoms with Crippen LogP contribution in [-0.2, 0) is 4.79 Å². The van der Waals surface area contributed by atoms with Gasteiger partial charge in [0.1, 0.15) is 0 Å². The Labute approximate surface area is 110 Å². The molecule has 4 aliphatic rings. The van der Waals surface area contributed by atoms with Crippen LogP contribution in [0.3, 0.4) is 0 Å². The number of amides is 1. The molecule has 1 amide bonds. The van der Waals surface area contributed by atoms with Gasteiger partial charge in [0, 0.05) is 25.0 Å². The summed E-state index contributed by atoms with van der Waals surface area (Å²) in [4.78, 5) is 17.2. The Morgan fingerprint density at radius 1 is 1.00 bits per heavy atom. The first kappa shape index (κ1) is 11.3. The van der Waals surface area contributed by atoms with Crippen molar-refractivity contribution in [1.82, 2.24) is 9.80 Å². The molecule has 0 N–H and O–H groups in total. The van der Waals surface area contributed by atoms with Crippen molar-refractivity contribution >= 4 is 5.91 Å². The van der Waals surface area contributed by atoms with Gasteiger partial charge in [-0.05, 0) is 63.5 Å². The molecule has 4 heterocycles. The zero-order chi connectivity index (χ0) is 12.1. The molecule has 3 nitrogen and oxygen atoms in total. The SMILES string of the molecule is O=C1CCC[C@H]2[C@@H]3CCCN4CCC[C@@H](CN12)[C@H]34. The van der Waals surface area contributed by atoms with Gasteiger partial charge in [-0.25, -0.2) is 0 Å². The Balaban J connectivity index is 1.66. The van der Waals surface area contributed by atoms with E-state index in [2.05, 4.69) is 9.80 Å². The molecule has 0 unspecified atom stereocenters. The maximum absolute atomic E-state index is 12.2. The molecule has 4 atom stereocenters. The second-order valence-electron chi connectivity index (χ2n) is 6.74. The molecule has 0 spiro atoms. The van der Waals surface area contributed by atoms with E-state index in [4.69, 9.17) is 0 Å². The van der Waals surface area contributed by atoms with Crippen molar-refractivity contribution in [3.63, 3.8) is 0 Å². The van der Waals surface area contributed by atoms with Gasteiger partial charge in [-0.1, -0.05) is 0 Å². The van der Waals surface area contributed by atoms with E-state index in [1.54, 1.807) is 0 Å². The highest BCUT2D eigenvalue weighted by Crippen LogP contribution is 2.44. The predicted molar refractivity (Wildman–Crippen MR) is 70.2 cm³/mol. The molecule has 0 aromatic carbocycles. The summed E-state index contributed by atoms with van der Waals surface area (Å²) in [6.45, 7) is 3.71. The fourth-order valence-corrected chi connectivity index (χ4v) is 5.26. The molecule has 4 rings (SSSR count). The van der Waals surface area contributed by atoms with Gasteiger partial charge in [-0.3, -0.25) is 9.69 Å². The van der Waals surface area contributed by atoms with Crippen LogP contribution in [0.25, 0.3) is 0 Å². The molecule has 4 saturated heterocycles. The first-order valence-electron chi connectivity index (χ1n) is 7.88. The van der Waals surface area contributed by atoms with E-state index in [1.165, 1.54) is 45.2 Å². The molecule has 18 heavy (non-hydrogen) atoms. The summed E-state index contributed by atoms with van der Waals surface area (Å²) in [5.74, 6) is 2.02. The van der Waals surface area contributed by atoms with Crippen LogP contribution in [0.15, 0.2) is 0 Å². The molecule has 4 aliphatic heterocycles. The van der Waals surface area contributed by atoms with E-state index < -0.39 is 0 Å². The fraction of sp³-hybridized carbons (Fsp3) is 0.933. The average molecular weight is 248 g/mol. The minimum atomic E-state index is 0.451. The second-order valence-corrected chi connectivity index (χ2v) is 6.74. The standard InChI is InChI=1S/C15H24N2O/c18-14-7-1-6-13-12-5-3-9-16-8-2-4-11(15(12)16)10-17(13)14/h11-13,15H,1-10H2/t11-,12-,13-,15+/m0/s1. The van der Waals surface area contributed by atoms with Gasteiger partial charge in [-0.15, -0.1) is 0 Å². The molecule has 0 saturated carbocycles. The van der Waals surface area contributed by atoms with E-state index in [-0.39, 0.29) is 0 Å². The summed E-state index contributed by atoms with van der Waals surface area (Å²) >= 11 is 0. The Morgan fingerprint density at radius 2 is 1.83 bits per heavy atom. The molecule has 0 radical (unpaired) electrons. The topological polar surface area (TPSA) is 23.6 Å². The summed E-state index contributed by atoms with van der Waals surface area (Å²) in [6, 6.07) is 1.41. The van der Waals surface area contributed by atoms with Crippen molar-refractivity contribution in [3.8, 4) is 0 Å². The Bertz CT molecular complexity index is 354.